The highest BCUT2D eigenvalue weighted by molar-refractivity contribution is 9.10. The van der Waals surface area contributed by atoms with Crippen molar-refractivity contribution in [3.8, 4) is 0 Å². The summed E-state index contributed by atoms with van der Waals surface area (Å²) in [5.74, 6) is 2.51. The maximum absolute atomic E-state index is 10.7. The van der Waals surface area contributed by atoms with Crippen LogP contribution in [-0.2, 0) is 5.75 Å². The number of thioether (sulfide) groups is 1. The zero-order chi connectivity index (χ0) is 12.1. The van der Waals surface area contributed by atoms with Crippen molar-refractivity contribution in [3.05, 3.63) is 38.3 Å². The van der Waals surface area contributed by atoms with Crippen LogP contribution in [0.1, 0.15) is 19.4 Å². The molecule has 0 amide bonds. The van der Waals surface area contributed by atoms with Gasteiger partial charge in [0, 0.05) is 11.8 Å². The molecular weight excluding hydrogens is 290 g/mol. The number of hydrogen-bond donors (Lipinski definition) is 0. The first-order chi connectivity index (χ1) is 7.52. The van der Waals surface area contributed by atoms with Gasteiger partial charge >= 0.3 is 0 Å². The van der Waals surface area contributed by atoms with Gasteiger partial charge in [-0.05, 0) is 33.2 Å². The van der Waals surface area contributed by atoms with E-state index >= 15 is 0 Å². The van der Waals surface area contributed by atoms with E-state index in [9.17, 15) is 10.1 Å². The Labute approximate surface area is 108 Å². The summed E-state index contributed by atoms with van der Waals surface area (Å²) in [6.07, 6.45) is 0. The fraction of sp³-hybridized carbons (Fsp3) is 0.455. The van der Waals surface area contributed by atoms with E-state index in [2.05, 4.69) is 29.8 Å². The monoisotopic (exact) mass is 303 g/mol. The molecule has 0 atom stereocenters. The quantitative estimate of drug-likeness (QED) is 0.603. The molecule has 5 heteroatoms. The summed E-state index contributed by atoms with van der Waals surface area (Å²) in [6.45, 7) is 4.32. The van der Waals surface area contributed by atoms with E-state index in [-0.39, 0.29) is 10.6 Å². The van der Waals surface area contributed by atoms with Crippen LogP contribution < -0.4 is 0 Å². The van der Waals surface area contributed by atoms with E-state index in [1.54, 1.807) is 17.8 Å². The van der Waals surface area contributed by atoms with Crippen LogP contribution in [0.15, 0.2) is 22.7 Å². The molecule has 3 nitrogen and oxygen atoms in total. The van der Waals surface area contributed by atoms with Gasteiger partial charge in [-0.1, -0.05) is 26.0 Å². The zero-order valence-corrected chi connectivity index (χ0v) is 11.7. The summed E-state index contributed by atoms with van der Waals surface area (Å²) in [5, 5.41) is 10.7. The Kier molecular flexibility index (Phi) is 5.28. The Hall–Kier alpha value is -0.550. The highest BCUT2D eigenvalue weighted by Gasteiger charge is 2.14. The first-order valence-corrected chi connectivity index (χ1v) is 6.96. The summed E-state index contributed by atoms with van der Waals surface area (Å²) >= 11 is 5.09. The lowest BCUT2D eigenvalue weighted by atomic mass is 10.2. The van der Waals surface area contributed by atoms with Gasteiger partial charge in [0.1, 0.15) is 0 Å². The van der Waals surface area contributed by atoms with E-state index in [1.807, 2.05) is 6.07 Å². The predicted molar refractivity (Wildman–Crippen MR) is 71.8 cm³/mol. The third-order valence-electron chi connectivity index (χ3n) is 1.96. The van der Waals surface area contributed by atoms with Crippen LogP contribution in [0.2, 0.25) is 0 Å². The van der Waals surface area contributed by atoms with Gasteiger partial charge in [0.05, 0.1) is 9.40 Å². The largest absolute Gasteiger partial charge is 0.283 e. The van der Waals surface area contributed by atoms with E-state index < -0.39 is 0 Å². The summed E-state index contributed by atoms with van der Waals surface area (Å²) in [7, 11) is 0. The van der Waals surface area contributed by atoms with Crippen LogP contribution in [0.3, 0.4) is 0 Å². The molecule has 0 aliphatic carbocycles. The Morgan fingerprint density at radius 2 is 2.19 bits per heavy atom. The number of nitrogens with zero attached hydrogens (tertiary/aromatic N) is 1. The number of halogens is 1. The molecular formula is C11H14BrNO2S. The van der Waals surface area contributed by atoms with Gasteiger partial charge in [-0.15, -0.1) is 0 Å². The average Bonchev–Trinajstić information content (AvgIpc) is 2.19. The second kappa shape index (κ2) is 6.25. The zero-order valence-electron chi connectivity index (χ0n) is 9.27. The van der Waals surface area contributed by atoms with Crippen LogP contribution in [0.25, 0.3) is 0 Å². The fourth-order valence-corrected chi connectivity index (χ4v) is 3.01. The van der Waals surface area contributed by atoms with Crippen LogP contribution in [0.5, 0.6) is 0 Å². The molecule has 0 unspecified atom stereocenters. The minimum atomic E-state index is -0.360. The van der Waals surface area contributed by atoms with Gasteiger partial charge in [-0.25, -0.2) is 0 Å². The summed E-state index contributed by atoms with van der Waals surface area (Å²) < 4.78 is 0.608. The van der Waals surface area contributed by atoms with Gasteiger partial charge < -0.3 is 0 Å². The van der Waals surface area contributed by atoms with Crippen molar-refractivity contribution >= 4 is 33.4 Å². The molecule has 0 saturated carbocycles. The molecule has 0 aliphatic rings. The van der Waals surface area contributed by atoms with Crippen molar-refractivity contribution in [2.75, 3.05) is 5.75 Å². The normalized spacial score (nSPS) is 10.8. The predicted octanol–water partition coefficient (Wildman–Crippen LogP) is 4.25. The molecule has 0 aromatic heterocycles. The maximum Gasteiger partial charge on any atom is 0.283 e. The van der Waals surface area contributed by atoms with Crippen LogP contribution >= 0.6 is 27.7 Å². The lowest BCUT2D eigenvalue weighted by Gasteiger charge is -2.06. The first-order valence-electron chi connectivity index (χ1n) is 5.02. The minimum absolute atomic E-state index is 0.141. The van der Waals surface area contributed by atoms with E-state index in [0.29, 0.717) is 10.4 Å². The van der Waals surface area contributed by atoms with Crippen molar-refractivity contribution in [1.29, 1.82) is 0 Å². The second-order valence-corrected chi connectivity index (χ2v) is 5.74. The molecule has 0 N–H and O–H groups in total. The number of rotatable bonds is 5. The number of nitro groups is 1. The molecule has 0 heterocycles. The van der Waals surface area contributed by atoms with Gasteiger partial charge in [-0.2, -0.15) is 11.8 Å². The third-order valence-corrected chi connectivity index (χ3v) is 4.30. The number of nitro benzene ring substituents is 1. The molecule has 1 aromatic rings. The van der Waals surface area contributed by atoms with Gasteiger partial charge in [-0.3, -0.25) is 10.1 Å². The molecule has 0 saturated heterocycles. The van der Waals surface area contributed by atoms with Gasteiger partial charge in [0.2, 0.25) is 0 Å². The van der Waals surface area contributed by atoms with Crippen molar-refractivity contribution in [1.82, 2.24) is 0 Å². The van der Waals surface area contributed by atoms with Crippen LogP contribution in [-0.4, -0.2) is 10.7 Å². The van der Waals surface area contributed by atoms with Crippen LogP contribution in [0, 0.1) is 16.0 Å². The molecule has 0 radical (unpaired) electrons. The topological polar surface area (TPSA) is 43.1 Å². The molecule has 1 rings (SSSR count). The first kappa shape index (κ1) is 13.5. The molecule has 0 fully saturated rings. The van der Waals surface area contributed by atoms with E-state index in [1.165, 1.54) is 6.07 Å². The Bertz CT molecular complexity index is 382. The van der Waals surface area contributed by atoms with Gasteiger partial charge in [0.15, 0.2) is 0 Å². The van der Waals surface area contributed by atoms with Crippen molar-refractivity contribution in [2.45, 2.75) is 19.6 Å². The maximum atomic E-state index is 10.7. The van der Waals surface area contributed by atoms with Crippen molar-refractivity contribution in [2.24, 2.45) is 5.92 Å². The number of benzene rings is 1. The molecule has 0 aliphatic heterocycles. The Morgan fingerprint density at radius 1 is 1.50 bits per heavy atom. The minimum Gasteiger partial charge on any atom is -0.258 e. The van der Waals surface area contributed by atoms with E-state index in [4.69, 9.17) is 0 Å². The lowest BCUT2D eigenvalue weighted by molar-refractivity contribution is -0.385. The molecule has 88 valence electrons. The SMILES string of the molecule is CC(C)CSCc1cccc([N+](=O)[O-])c1Br. The summed E-state index contributed by atoms with van der Waals surface area (Å²) in [5.41, 5.74) is 1.13. The molecule has 0 bridgehead atoms. The summed E-state index contributed by atoms with van der Waals surface area (Å²) in [6, 6.07) is 5.17. The van der Waals surface area contributed by atoms with Crippen LogP contribution in [0.4, 0.5) is 5.69 Å². The van der Waals surface area contributed by atoms with E-state index in [0.717, 1.165) is 17.1 Å². The second-order valence-electron chi connectivity index (χ2n) is 3.92. The lowest BCUT2D eigenvalue weighted by Crippen LogP contribution is -1.95. The number of hydrogen-bond acceptors (Lipinski definition) is 3. The smallest absolute Gasteiger partial charge is 0.258 e. The molecule has 1 aromatic carbocycles. The Morgan fingerprint density at radius 3 is 2.75 bits per heavy atom. The molecule has 0 spiro atoms. The Balaban J connectivity index is 2.73. The standard InChI is InChI=1S/C11H14BrNO2S/c1-8(2)6-16-7-9-4-3-5-10(11(9)12)13(14)15/h3-5,8H,6-7H2,1-2H3. The molecule has 16 heavy (non-hydrogen) atoms. The summed E-state index contributed by atoms with van der Waals surface area (Å²) in [4.78, 5) is 10.4. The average molecular weight is 304 g/mol. The fourth-order valence-electron chi connectivity index (χ4n) is 1.22. The highest BCUT2D eigenvalue weighted by atomic mass is 79.9. The third kappa shape index (κ3) is 3.79. The highest BCUT2D eigenvalue weighted by Crippen LogP contribution is 2.30. The van der Waals surface area contributed by atoms with Gasteiger partial charge in [0.25, 0.3) is 5.69 Å². The van der Waals surface area contributed by atoms with Crippen molar-refractivity contribution < 1.29 is 4.92 Å². The van der Waals surface area contributed by atoms with Crippen molar-refractivity contribution in [3.63, 3.8) is 0 Å².